The summed E-state index contributed by atoms with van der Waals surface area (Å²) in [6, 6.07) is 13.0. The van der Waals surface area contributed by atoms with E-state index in [0.29, 0.717) is 30.8 Å². The predicted octanol–water partition coefficient (Wildman–Crippen LogP) is 3.77. The van der Waals surface area contributed by atoms with Crippen LogP contribution in [0.4, 0.5) is 11.4 Å². The molecule has 0 spiro atoms. The number of carbonyl (C=O) groups is 2. The van der Waals surface area contributed by atoms with E-state index in [4.69, 9.17) is 4.74 Å². The standard InChI is InChI=1S/C19H19BrN2O3/c1-25-17-12-15(8-9-16(17)22-10-2-3-19(22)24)21-18(23)11-13-4-6-14(20)7-5-13/h4-9,12H,2-3,10-11H2,1H3,(H,21,23). The molecule has 0 radical (unpaired) electrons. The van der Waals surface area contributed by atoms with E-state index in [-0.39, 0.29) is 11.8 Å². The molecule has 1 aliphatic rings. The Labute approximate surface area is 155 Å². The van der Waals surface area contributed by atoms with Gasteiger partial charge in [-0.05, 0) is 36.2 Å². The molecule has 1 N–H and O–H groups in total. The molecule has 2 aromatic rings. The van der Waals surface area contributed by atoms with Crippen LogP contribution in [0.2, 0.25) is 0 Å². The normalized spacial score (nSPS) is 13.8. The van der Waals surface area contributed by atoms with Crippen LogP contribution in [0.5, 0.6) is 5.75 Å². The van der Waals surface area contributed by atoms with Gasteiger partial charge < -0.3 is 15.0 Å². The van der Waals surface area contributed by atoms with Crippen molar-refractivity contribution in [3.05, 3.63) is 52.5 Å². The molecule has 6 heteroatoms. The highest BCUT2D eigenvalue weighted by molar-refractivity contribution is 9.10. The molecule has 0 saturated carbocycles. The summed E-state index contributed by atoms with van der Waals surface area (Å²) < 4.78 is 6.39. The van der Waals surface area contributed by atoms with Crippen LogP contribution < -0.4 is 15.0 Å². The van der Waals surface area contributed by atoms with Gasteiger partial charge in [0.05, 0.1) is 19.2 Å². The lowest BCUT2D eigenvalue weighted by Gasteiger charge is -2.19. The molecular formula is C19H19BrN2O3. The average Bonchev–Trinajstić information content (AvgIpc) is 3.02. The molecule has 2 amide bonds. The van der Waals surface area contributed by atoms with Gasteiger partial charge in [0.2, 0.25) is 11.8 Å². The highest BCUT2D eigenvalue weighted by Gasteiger charge is 2.24. The summed E-state index contributed by atoms with van der Waals surface area (Å²) in [6.07, 6.45) is 1.71. The van der Waals surface area contributed by atoms with Crippen molar-refractivity contribution in [1.29, 1.82) is 0 Å². The van der Waals surface area contributed by atoms with Crippen molar-refractivity contribution in [3.8, 4) is 5.75 Å². The van der Waals surface area contributed by atoms with Gasteiger partial charge in [-0.2, -0.15) is 0 Å². The van der Waals surface area contributed by atoms with E-state index in [1.807, 2.05) is 30.3 Å². The number of methoxy groups -OCH3 is 1. The molecule has 1 heterocycles. The summed E-state index contributed by atoms with van der Waals surface area (Å²) in [4.78, 5) is 25.9. The predicted molar refractivity (Wildman–Crippen MR) is 101 cm³/mol. The SMILES string of the molecule is COc1cc(NC(=O)Cc2ccc(Br)cc2)ccc1N1CCCC1=O. The van der Waals surface area contributed by atoms with Gasteiger partial charge in [-0.15, -0.1) is 0 Å². The van der Waals surface area contributed by atoms with E-state index in [1.54, 1.807) is 24.1 Å². The van der Waals surface area contributed by atoms with Crippen LogP contribution in [0.1, 0.15) is 18.4 Å². The molecule has 2 aromatic carbocycles. The maximum atomic E-state index is 12.2. The average molecular weight is 403 g/mol. The van der Waals surface area contributed by atoms with Crippen LogP contribution >= 0.6 is 15.9 Å². The Morgan fingerprint density at radius 1 is 1.24 bits per heavy atom. The number of nitrogens with one attached hydrogen (secondary N) is 1. The number of nitrogens with zero attached hydrogens (tertiary/aromatic N) is 1. The van der Waals surface area contributed by atoms with Gasteiger partial charge in [0.25, 0.3) is 0 Å². The highest BCUT2D eigenvalue weighted by atomic mass is 79.9. The van der Waals surface area contributed by atoms with E-state index < -0.39 is 0 Å². The molecule has 0 atom stereocenters. The van der Waals surface area contributed by atoms with E-state index in [1.165, 1.54) is 0 Å². The lowest BCUT2D eigenvalue weighted by molar-refractivity contribution is -0.117. The largest absolute Gasteiger partial charge is 0.494 e. The molecule has 1 fully saturated rings. The van der Waals surface area contributed by atoms with Crippen LogP contribution in [-0.4, -0.2) is 25.5 Å². The Balaban J connectivity index is 1.71. The summed E-state index contributed by atoms with van der Waals surface area (Å²) in [5.41, 5.74) is 2.33. The Kier molecular flexibility index (Phi) is 5.38. The third kappa shape index (κ3) is 4.20. The lowest BCUT2D eigenvalue weighted by Crippen LogP contribution is -2.24. The highest BCUT2D eigenvalue weighted by Crippen LogP contribution is 2.33. The minimum atomic E-state index is -0.102. The minimum absolute atomic E-state index is 0.102. The van der Waals surface area contributed by atoms with Crippen molar-refractivity contribution < 1.29 is 14.3 Å². The summed E-state index contributed by atoms with van der Waals surface area (Å²) >= 11 is 3.38. The molecule has 130 valence electrons. The molecule has 0 aromatic heterocycles. The second-order valence-electron chi connectivity index (χ2n) is 5.89. The van der Waals surface area contributed by atoms with Gasteiger partial charge in [0.15, 0.2) is 0 Å². The fraction of sp³-hybridized carbons (Fsp3) is 0.263. The third-order valence-electron chi connectivity index (χ3n) is 4.11. The first-order valence-corrected chi connectivity index (χ1v) is 8.89. The van der Waals surface area contributed by atoms with Gasteiger partial charge >= 0.3 is 0 Å². The van der Waals surface area contributed by atoms with Crippen LogP contribution in [0.25, 0.3) is 0 Å². The molecule has 0 unspecified atom stereocenters. The molecule has 25 heavy (non-hydrogen) atoms. The van der Waals surface area contributed by atoms with Crippen LogP contribution in [0.3, 0.4) is 0 Å². The number of rotatable bonds is 5. The fourth-order valence-corrected chi connectivity index (χ4v) is 3.14. The Hall–Kier alpha value is -2.34. The van der Waals surface area contributed by atoms with Crippen molar-refractivity contribution >= 4 is 39.1 Å². The first kappa shape index (κ1) is 17.5. The van der Waals surface area contributed by atoms with E-state index >= 15 is 0 Å². The number of anilines is 2. The molecule has 1 aliphatic heterocycles. The van der Waals surface area contributed by atoms with E-state index in [0.717, 1.165) is 22.1 Å². The Morgan fingerprint density at radius 2 is 2.00 bits per heavy atom. The monoisotopic (exact) mass is 402 g/mol. The topological polar surface area (TPSA) is 58.6 Å². The first-order chi connectivity index (χ1) is 12.1. The Morgan fingerprint density at radius 3 is 2.64 bits per heavy atom. The summed E-state index contributed by atoms with van der Waals surface area (Å²) in [7, 11) is 1.56. The number of amides is 2. The lowest BCUT2D eigenvalue weighted by atomic mass is 10.1. The van der Waals surface area contributed by atoms with Crippen molar-refractivity contribution in [2.45, 2.75) is 19.3 Å². The smallest absolute Gasteiger partial charge is 0.228 e. The number of benzene rings is 2. The summed E-state index contributed by atoms with van der Waals surface area (Å²) in [5.74, 6) is 0.580. The maximum Gasteiger partial charge on any atom is 0.228 e. The maximum absolute atomic E-state index is 12.2. The summed E-state index contributed by atoms with van der Waals surface area (Å²) in [5, 5.41) is 2.87. The summed E-state index contributed by atoms with van der Waals surface area (Å²) in [6.45, 7) is 0.699. The fourth-order valence-electron chi connectivity index (χ4n) is 2.87. The van der Waals surface area contributed by atoms with Crippen molar-refractivity contribution in [2.24, 2.45) is 0 Å². The number of hydrogen-bond donors (Lipinski definition) is 1. The third-order valence-corrected chi connectivity index (χ3v) is 4.63. The quantitative estimate of drug-likeness (QED) is 0.827. The van der Waals surface area contributed by atoms with Gasteiger partial charge in [-0.3, -0.25) is 9.59 Å². The molecule has 3 rings (SSSR count). The number of halogens is 1. The number of carbonyl (C=O) groups excluding carboxylic acids is 2. The van der Waals surface area contributed by atoms with Crippen LogP contribution in [-0.2, 0) is 16.0 Å². The van der Waals surface area contributed by atoms with Gasteiger partial charge in [0.1, 0.15) is 5.75 Å². The second-order valence-corrected chi connectivity index (χ2v) is 6.80. The van der Waals surface area contributed by atoms with E-state index in [9.17, 15) is 9.59 Å². The molecule has 0 aliphatic carbocycles. The molecule has 1 saturated heterocycles. The zero-order valence-corrected chi connectivity index (χ0v) is 15.5. The van der Waals surface area contributed by atoms with E-state index in [2.05, 4.69) is 21.2 Å². The van der Waals surface area contributed by atoms with Crippen LogP contribution in [0, 0.1) is 0 Å². The number of hydrogen-bond acceptors (Lipinski definition) is 3. The zero-order valence-electron chi connectivity index (χ0n) is 13.9. The molecule has 0 bridgehead atoms. The van der Waals surface area contributed by atoms with Gasteiger partial charge in [-0.1, -0.05) is 28.1 Å². The van der Waals surface area contributed by atoms with Crippen molar-refractivity contribution in [2.75, 3.05) is 23.9 Å². The van der Waals surface area contributed by atoms with Gasteiger partial charge in [-0.25, -0.2) is 0 Å². The molecule has 5 nitrogen and oxygen atoms in total. The van der Waals surface area contributed by atoms with Crippen molar-refractivity contribution in [1.82, 2.24) is 0 Å². The Bertz CT molecular complexity index is 790. The second kappa shape index (κ2) is 7.70. The van der Waals surface area contributed by atoms with Crippen molar-refractivity contribution in [3.63, 3.8) is 0 Å². The first-order valence-electron chi connectivity index (χ1n) is 8.09. The van der Waals surface area contributed by atoms with Crippen LogP contribution in [0.15, 0.2) is 46.9 Å². The minimum Gasteiger partial charge on any atom is -0.494 e. The zero-order chi connectivity index (χ0) is 17.8. The number of ether oxygens (including phenoxy) is 1. The molecular weight excluding hydrogens is 384 g/mol. The van der Waals surface area contributed by atoms with Gasteiger partial charge in [0, 0.05) is 29.2 Å².